The molecule has 1 amide bonds. The van der Waals surface area contributed by atoms with Crippen molar-refractivity contribution in [1.82, 2.24) is 4.90 Å². The van der Waals surface area contributed by atoms with E-state index < -0.39 is 0 Å². The number of hydrogen-bond donors (Lipinski definition) is 1. The minimum absolute atomic E-state index is 0.0101. The van der Waals surface area contributed by atoms with Crippen LogP contribution in [0.4, 0.5) is 5.69 Å². The molecule has 1 saturated heterocycles. The highest BCUT2D eigenvalue weighted by molar-refractivity contribution is 6.41. The molecule has 0 spiro atoms. The number of likely N-dealkylation sites (tertiary alicyclic amines) is 1. The van der Waals surface area contributed by atoms with Crippen LogP contribution in [0.15, 0.2) is 35.4 Å². The number of amides is 1. The quantitative estimate of drug-likeness (QED) is 0.764. The van der Waals surface area contributed by atoms with Crippen molar-refractivity contribution in [2.75, 3.05) is 19.0 Å². The van der Waals surface area contributed by atoms with E-state index in [2.05, 4.69) is 10.5 Å². The average molecular weight is 217 g/mol. The molecule has 84 valence electrons. The summed E-state index contributed by atoms with van der Waals surface area (Å²) in [6, 6.07) is 9.62. The molecule has 0 unspecified atom stereocenters. The van der Waals surface area contributed by atoms with Crippen LogP contribution in [0.2, 0.25) is 0 Å². The van der Waals surface area contributed by atoms with Gasteiger partial charge in [-0.3, -0.25) is 10.2 Å². The molecule has 16 heavy (non-hydrogen) atoms. The molecule has 0 aromatic heterocycles. The summed E-state index contributed by atoms with van der Waals surface area (Å²) in [4.78, 5) is 13.4. The molecule has 0 aliphatic carbocycles. The first-order valence-corrected chi connectivity index (χ1v) is 5.32. The standard InChI is InChI=1S/C12H15N3O/c1-9-8-15(2)12(16)11(9)14-13-10-6-4-3-5-7-10/h3-7,9,13H,8H2,1-2H3/b14-11+/t9-/m1/s1. The Morgan fingerprint density at radius 1 is 1.38 bits per heavy atom. The van der Waals surface area contributed by atoms with Crippen molar-refractivity contribution in [3.63, 3.8) is 0 Å². The molecular weight excluding hydrogens is 202 g/mol. The second kappa shape index (κ2) is 4.35. The van der Waals surface area contributed by atoms with Gasteiger partial charge in [-0.05, 0) is 12.1 Å². The number of carbonyl (C=O) groups is 1. The molecular formula is C12H15N3O. The number of para-hydroxylation sites is 1. The molecule has 4 nitrogen and oxygen atoms in total. The van der Waals surface area contributed by atoms with Crippen LogP contribution in [0.5, 0.6) is 0 Å². The number of rotatable bonds is 2. The van der Waals surface area contributed by atoms with Crippen LogP contribution < -0.4 is 5.43 Å². The fourth-order valence-electron chi connectivity index (χ4n) is 1.78. The number of hydrazone groups is 1. The lowest BCUT2D eigenvalue weighted by Crippen LogP contribution is -2.23. The van der Waals surface area contributed by atoms with Gasteiger partial charge in [0.05, 0.1) is 5.69 Å². The Balaban J connectivity index is 2.11. The van der Waals surface area contributed by atoms with E-state index in [0.717, 1.165) is 12.2 Å². The van der Waals surface area contributed by atoms with Gasteiger partial charge in [0.1, 0.15) is 5.71 Å². The average Bonchev–Trinajstić information content (AvgIpc) is 2.53. The summed E-state index contributed by atoms with van der Waals surface area (Å²) in [6.45, 7) is 2.75. The number of benzene rings is 1. The fourth-order valence-corrected chi connectivity index (χ4v) is 1.78. The lowest BCUT2D eigenvalue weighted by atomic mass is 10.1. The molecule has 1 aliphatic rings. The molecule has 1 atom stereocenters. The lowest BCUT2D eigenvalue weighted by Gasteiger charge is -2.04. The van der Waals surface area contributed by atoms with Gasteiger partial charge >= 0.3 is 0 Å². The van der Waals surface area contributed by atoms with E-state index >= 15 is 0 Å². The minimum Gasteiger partial charge on any atom is -0.340 e. The fraction of sp³-hybridized carbons (Fsp3) is 0.333. The van der Waals surface area contributed by atoms with E-state index in [9.17, 15) is 4.79 Å². The zero-order chi connectivity index (χ0) is 11.5. The normalized spacial score (nSPS) is 22.9. The highest BCUT2D eigenvalue weighted by Crippen LogP contribution is 2.14. The smallest absolute Gasteiger partial charge is 0.270 e. The predicted molar refractivity (Wildman–Crippen MR) is 64.3 cm³/mol. The lowest BCUT2D eigenvalue weighted by molar-refractivity contribution is -0.121. The molecule has 1 aromatic rings. The second-order valence-electron chi connectivity index (χ2n) is 4.06. The Morgan fingerprint density at radius 3 is 2.62 bits per heavy atom. The molecule has 0 bridgehead atoms. The largest absolute Gasteiger partial charge is 0.340 e. The van der Waals surface area contributed by atoms with Crippen molar-refractivity contribution >= 4 is 17.3 Å². The van der Waals surface area contributed by atoms with E-state index in [-0.39, 0.29) is 11.8 Å². The van der Waals surface area contributed by atoms with E-state index in [1.54, 1.807) is 11.9 Å². The van der Waals surface area contributed by atoms with Gasteiger partial charge in [-0.15, -0.1) is 0 Å². The molecule has 1 aromatic carbocycles. The van der Waals surface area contributed by atoms with E-state index in [1.807, 2.05) is 37.3 Å². The second-order valence-corrected chi connectivity index (χ2v) is 4.06. The van der Waals surface area contributed by atoms with E-state index in [1.165, 1.54) is 0 Å². The molecule has 0 radical (unpaired) electrons. The summed E-state index contributed by atoms with van der Waals surface area (Å²) in [5.41, 5.74) is 4.40. The first-order chi connectivity index (χ1) is 7.68. The van der Waals surface area contributed by atoms with Gasteiger partial charge in [-0.2, -0.15) is 5.10 Å². The highest BCUT2D eigenvalue weighted by atomic mass is 16.2. The molecule has 0 saturated carbocycles. The Labute approximate surface area is 95.0 Å². The van der Waals surface area contributed by atoms with Gasteiger partial charge in [0.15, 0.2) is 0 Å². The Bertz CT molecular complexity index is 414. The third kappa shape index (κ3) is 2.05. The minimum atomic E-state index is 0.0101. The summed E-state index contributed by atoms with van der Waals surface area (Å²) in [5, 5.41) is 4.18. The first kappa shape index (κ1) is 10.7. The monoisotopic (exact) mass is 217 g/mol. The first-order valence-electron chi connectivity index (χ1n) is 5.32. The predicted octanol–water partition coefficient (Wildman–Crippen LogP) is 1.56. The topological polar surface area (TPSA) is 44.7 Å². The third-order valence-corrected chi connectivity index (χ3v) is 2.66. The summed E-state index contributed by atoms with van der Waals surface area (Å²) in [5.74, 6) is 0.199. The maximum atomic E-state index is 11.7. The summed E-state index contributed by atoms with van der Waals surface area (Å²) >= 11 is 0. The Morgan fingerprint density at radius 2 is 2.06 bits per heavy atom. The molecule has 1 heterocycles. The Kier molecular flexibility index (Phi) is 2.90. The number of nitrogens with zero attached hydrogens (tertiary/aromatic N) is 2. The molecule has 1 fully saturated rings. The van der Waals surface area contributed by atoms with Gasteiger partial charge in [-0.1, -0.05) is 25.1 Å². The maximum Gasteiger partial charge on any atom is 0.270 e. The van der Waals surface area contributed by atoms with E-state index in [0.29, 0.717) is 5.71 Å². The van der Waals surface area contributed by atoms with Gasteiger partial charge in [0.25, 0.3) is 5.91 Å². The maximum absolute atomic E-state index is 11.7. The number of hydrogen-bond acceptors (Lipinski definition) is 3. The van der Waals surface area contributed by atoms with Crippen LogP contribution in [0, 0.1) is 5.92 Å². The highest BCUT2D eigenvalue weighted by Gasteiger charge is 2.31. The Hall–Kier alpha value is -1.84. The summed E-state index contributed by atoms with van der Waals surface area (Å²) in [7, 11) is 1.80. The third-order valence-electron chi connectivity index (χ3n) is 2.66. The van der Waals surface area contributed by atoms with Crippen molar-refractivity contribution in [2.45, 2.75) is 6.92 Å². The molecule has 2 rings (SSSR count). The van der Waals surface area contributed by atoms with Crippen molar-refractivity contribution in [3.8, 4) is 0 Å². The van der Waals surface area contributed by atoms with Crippen molar-refractivity contribution in [3.05, 3.63) is 30.3 Å². The molecule has 1 N–H and O–H groups in total. The zero-order valence-corrected chi connectivity index (χ0v) is 9.47. The molecule has 4 heteroatoms. The summed E-state index contributed by atoms with van der Waals surface area (Å²) in [6.07, 6.45) is 0. The number of carbonyl (C=O) groups excluding carboxylic acids is 1. The summed E-state index contributed by atoms with van der Waals surface area (Å²) < 4.78 is 0. The van der Waals surface area contributed by atoms with Crippen LogP contribution in [0.25, 0.3) is 0 Å². The number of anilines is 1. The van der Waals surface area contributed by atoms with Crippen LogP contribution in [0.1, 0.15) is 6.92 Å². The van der Waals surface area contributed by atoms with Gasteiger partial charge in [0, 0.05) is 19.5 Å². The van der Waals surface area contributed by atoms with Gasteiger partial charge in [0.2, 0.25) is 0 Å². The van der Waals surface area contributed by atoms with Crippen LogP contribution in [-0.2, 0) is 4.79 Å². The van der Waals surface area contributed by atoms with Crippen LogP contribution in [-0.4, -0.2) is 30.1 Å². The van der Waals surface area contributed by atoms with Crippen molar-refractivity contribution < 1.29 is 4.79 Å². The van der Waals surface area contributed by atoms with E-state index in [4.69, 9.17) is 0 Å². The van der Waals surface area contributed by atoms with Gasteiger partial charge in [-0.25, -0.2) is 0 Å². The SMILES string of the molecule is C[C@@H]1CN(C)C(=O)/C1=N/Nc1ccccc1. The van der Waals surface area contributed by atoms with Crippen LogP contribution >= 0.6 is 0 Å². The molecule has 1 aliphatic heterocycles. The number of nitrogens with one attached hydrogen (secondary N) is 1. The van der Waals surface area contributed by atoms with Gasteiger partial charge < -0.3 is 4.90 Å². The van der Waals surface area contributed by atoms with Crippen molar-refractivity contribution in [1.29, 1.82) is 0 Å². The zero-order valence-electron chi connectivity index (χ0n) is 9.47. The van der Waals surface area contributed by atoms with Crippen LogP contribution in [0.3, 0.4) is 0 Å². The van der Waals surface area contributed by atoms with Crippen molar-refractivity contribution in [2.24, 2.45) is 11.0 Å².